The van der Waals surface area contributed by atoms with E-state index in [1.54, 1.807) is 11.9 Å². The van der Waals surface area contributed by atoms with Crippen LogP contribution in [0.1, 0.15) is 31.2 Å². The van der Waals surface area contributed by atoms with Crippen molar-refractivity contribution in [3.63, 3.8) is 0 Å². The molecule has 6 nitrogen and oxygen atoms in total. The van der Waals surface area contributed by atoms with E-state index >= 15 is 0 Å². The Kier molecular flexibility index (Phi) is 8.18. The van der Waals surface area contributed by atoms with Crippen molar-refractivity contribution in [2.24, 2.45) is 17.6 Å². The van der Waals surface area contributed by atoms with Gasteiger partial charge in [-0.2, -0.15) is 0 Å². The Hall–Kier alpha value is -2.73. The molecular weight excluding hydrogens is 410 g/mol. The van der Waals surface area contributed by atoms with Gasteiger partial charge in [-0.3, -0.25) is 10.3 Å². The number of rotatable bonds is 7. The topological polar surface area (TPSA) is 85.5 Å². The Balaban J connectivity index is 1.42. The van der Waals surface area contributed by atoms with E-state index in [2.05, 4.69) is 5.32 Å². The zero-order chi connectivity index (χ0) is 22.2. The zero-order valence-electron chi connectivity index (χ0n) is 18.1. The molecule has 1 saturated carbocycles. The van der Waals surface area contributed by atoms with E-state index in [4.69, 9.17) is 22.7 Å². The standard InChI is InChI=1S/C24H32ClN5O/c1-29(22-5-3-2-4-6-22)24(31)28-15-18-7-9-19(10-8-18)16-30(23(26)27)17-20-11-13-21(25)14-12-20/h2-6,11-14,18-19H,7-10,15-17H2,1H3,(H3,26,27)(H,28,31). The van der Waals surface area contributed by atoms with E-state index in [-0.39, 0.29) is 12.0 Å². The molecule has 4 N–H and O–H groups in total. The second kappa shape index (κ2) is 11.0. The summed E-state index contributed by atoms with van der Waals surface area (Å²) < 4.78 is 0. The quantitative estimate of drug-likeness (QED) is 0.430. The lowest BCUT2D eigenvalue weighted by molar-refractivity contribution is 0.217. The fraction of sp³-hybridized carbons (Fsp3) is 0.417. The zero-order valence-corrected chi connectivity index (χ0v) is 18.8. The SMILES string of the molecule is CN(C(=O)NCC1CCC(CN(Cc2ccc(Cl)cc2)C(=N)N)CC1)c1ccccc1. The van der Waals surface area contributed by atoms with Gasteiger partial charge in [0.2, 0.25) is 0 Å². The molecule has 0 bridgehead atoms. The summed E-state index contributed by atoms with van der Waals surface area (Å²) in [5.41, 5.74) is 7.83. The predicted octanol–water partition coefficient (Wildman–Crippen LogP) is 4.69. The molecule has 0 radical (unpaired) electrons. The third-order valence-electron chi connectivity index (χ3n) is 6.06. The first-order valence-electron chi connectivity index (χ1n) is 10.8. The average molecular weight is 442 g/mol. The highest BCUT2D eigenvalue weighted by Gasteiger charge is 2.24. The van der Waals surface area contributed by atoms with Gasteiger partial charge >= 0.3 is 6.03 Å². The van der Waals surface area contributed by atoms with Crippen molar-refractivity contribution in [1.29, 1.82) is 5.41 Å². The number of carbonyl (C=O) groups excluding carboxylic acids is 1. The lowest BCUT2D eigenvalue weighted by Gasteiger charge is -2.33. The van der Waals surface area contributed by atoms with Crippen molar-refractivity contribution in [2.45, 2.75) is 32.2 Å². The smallest absolute Gasteiger partial charge is 0.321 e. The summed E-state index contributed by atoms with van der Waals surface area (Å²) in [5, 5.41) is 11.7. The van der Waals surface area contributed by atoms with Crippen molar-refractivity contribution in [1.82, 2.24) is 10.2 Å². The van der Waals surface area contributed by atoms with E-state index in [0.29, 0.717) is 29.9 Å². The normalized spacial score (nSPS) is 18.3. The highest BCUT2D eigenvalue weighted by Crippen LogP contribution is 2.29. The maximum Gasteiger partial charge on any atom is 0.321 e. The van der Waals surface area contributed by atoms with E-state index in [1.165, 1.54) is 0 Å². The minimum Gasteiger partial charge on any atom is -0.370 e. The Morgan fingerprint density at radius 3 is 2.29 bits per heavy atom. The van der Waals surface area contributed by atoms with Gasteiger partial charge < -0.3 is 16.0 Å². The summed E-state index contributed by atoms with van der Waals surface area (Å²) in [6.45, 7) is 2.10. The molecule has 1 fully saturated rings. The summed E-state index contributed by atoms with van der Waals surface area (Å²) in [4.78, 5) is 16.0. The van der Waals surface area contributed by atoms with Gasteiger partial charge in [-0.25, -0.2) is 4.79 Å². The third-order valence-corrected chi connectivity index (χ3v) is 6.31. The summed E-state index contributed by atoms with van der Waals surface area (Å²) in [5.74, 6) is 1.11. The van der Waals surface area contributed by atoms with Crippen LogP contribution in [-0.2, 0) is 6.54 Å². The Morgan fingerprint density at radius 2 is 1.68 bits per heavy atom. The van der Waals surface area contributed by atoms with Crippen LogP contribution in [0.3, 0.4) is 0 Å². The molecule has 3 rings (SSSR count). The molecule has 0 heterocycles. The van der Waals surface area contributed by atoms with E-state index < -0.39 is 0 Å². The molecule has 0 unspecified atom stereocenters. The van der Waals surface area contributed by atoms with Gasteiger partial charge in [0, 0.05) is 37.4 Å². The minimum atomic E-state index is -0.0703. The maximum absolute atomic E-state index is 12.4. The number of urea groups is 1. The Labute approximate surface area is 189 Å². The molecular formula is C24H32ClN5O. The predicted molar refractivity (Wildman–Crippen MR) is 127 cm³/mol. The average Bonchev–Trinajstić information content (AvgIpc) is 2.79. The molecule has 1 aliphatic carbocycles. The molecule has 2 aromatic rings. The summed E-state index contributed by atoms with van der Waals surface area (Å²) in [6.07, 6.45) is 4.32. The van der Waals surface area contributed by atoms with E-state index in [9.17, 15) is 4.79 Å². The number of nitrogens with zero attached hydrogens (tertiary/aromatic N) is 2. The van der Waals surface area contributed by atoms with Crippen molar-refractivity contribution in [2.75, 3.05) is 25.0 Å². The van der Waals surface area contributed by atoms with Crippen LogP contribution in [0.25, 0.3) is 0 Å². The number of benzene rings is 2. The summed E-state index contributed by atoms with van der Waals surface area (Å²) in [6, 6.07) is 17.3. The van der Waals surface area contributed by atoms with Crippen LogP contribution in [0.15, 0.2) is 54.6 Å². The molecule has 166 valence electrons. The summed E-state index contributed by atoms with van der Waals surface area (Å²) >= 11 is 5.96. The van der Waals surface area contributed by atoms with Crippen molar-refractivity contribution >= 4 is 29.3 Å². The number of carbonyl (C=O) groups is 1. The monoisotopic (exact) mass is 441 g/mol. The highest BCUT2D eigenvalue weighted by atomic mass is 35.5. The van der Waals surface area contributed by atoms with Gasteiger partial charge in [-0.05, 0) is 67.3 Å². The molecule has 0 saturated heterocycles. The largest absolute Gasteiger partial charge is 0.370 e. The molecule has 0 atom stereocenters. The molecule has 1 aliphatic rings. The number of hydrogen-bond acceptors (Lipinski definition) is 2. The van der Waals surface area contributed by atoms with Gasteiger partial charge in [0.15, 0.2) is 5.96 Å². The molecule has 7 heteroatoms. The van der Waals surface area contributed by atoms with Gasteiger partial charge in [-0.15, -0.1) is 0 Å². The van der Waals surface area contributed by atoms with Crippen molar-refractivity contribution in [3.05, 3.63) is 65.2 Å². The number of hydrogen-bond donors (Lipinski definition) is 3. The second-order valence-corrected chi connectivity index (χ2v) is 8.80. The van der Waals surface area contributed by atoms with Crippen LogP contribution in [-0.4, -0.2) is 37.0 Å². The van der Waals surface area contributed by atoms with Gasteiger partial charge in [0.25, 0.3) is 0 Å². The first-order chi connectivity index (χ1) is 14.9. The Morgan fingerprint density at radius 1 is 1.06 bits per heavy atom. The lowest BCUT2D eigenvalue weighted by atomic mass is 9.81. The van der Waals surface area contributed by atoms with Crippen LogP contribution in [0.4, 0.5) is 10.5 Å². The Bertz CT molecular complexity index is 850. The lowest BCUT2D eigenvalue weighted by Crippen LogP contribution is -2.42. The molecule has 0 aliphatic heterocycles. The number of amides is 2. The minimum absolute atomic E-state index is 0.0703. The van der Waals surface area contributed by atoms with Crippen molar-refractivity contribution < 1.29 is 4.79 Å². The van der Waals surface area contributed by atoms with Gasteiger partial charge in [0.05, 0.1) is 0 Å². The van der Waals surface area contributed by atoms with Crippen LogP contribution in [0.2, 0.25) is 5.02 Å². The third kappa shape index (κ3) is 6.89. The van der Waals surface area contributed by atoms with Crippen LogP contribution >= 0.6 is 11.6 Å². The number of nitrogens with one attached hydrogen (secondary N) is 2. The van der Waals surface area contributed by atoms with Crippen LogP contribution < -0.4 is 16.0 Å². The first kappa shape index (κ1) is 22.9. The number of nitrogens with two attached hydrogens (primary N) is 1. The number of anilines is 1. The molecule has 2 amide bonds. The summed E-state index contributed by atoms with van der Waals surface area (Å²) in [7, 11) is 1.79. The molecule has 0 aromatic heterocycles. The fourth-order valence-electron chi connectivity index (χ4n) is 4.11. The fourth-order valence-corrected chi connectivity index (χ4v) is 4.23. The van der Waals surface area contributed by atoms with Crippen LogP contribution in [0.5, 0.6) is 0 Å². The molecule has 0 spiro atoms. The number of halogens is 1. The maximum atomic E-state index is 12.4. The molecule has 2 aromatic carbocycles. The van der Waals surface area contributed by atoms with E-state index in [1.807, 2.05) is 59.5 Å². The van der Waals surface area contributed by atoms with Crippen molar-refractivity contribution in [3.8, 4) is 0 Å². The molecule has 31 heavy (non-hydrogen) atoms. The first-order valence-corrected chi connectivity index (χ1v) is 11.2. The number of para-hydroxylation sites is 1. The number of guanidine groups is 1. The van der Waals surface area contributed by atoms with Gasteiger partial charge in [-0.1, -0.05) is 41.9 Å². The second-order valence-electron chi connectivity index (χ2n) is 8.36. The van der Waals surface area contributed by atoms with Gasteiger partial charge in [0.1, 0.15) is 0 Å². The van der Waals surface area contributed by atoms with E-state index in [0.717, 1.165) is 43.5 Å². The van der Waals surface area contributed by atoms with Crippen LogP contribution in [0, 0.1) is 17.2 Å². The highest BCUT2D eigenvalue weighted by molar-refractivity contribution is 6.30.